The van der Waals surface area contributed by atoms with Gasteiger partial charge in [-0.3, -0.25) is 9.59 Å². The maximum Gasteiger partial charge on any atom is 0.287 e. The van der Waals surface area contributed by atoms with Crippen molar-refractivity contribution in [3.05, 3.63) is 38.2 Å². The number of nitrogens with one attached hydrogen (secondary N) is 1. The van der Waals surface area contributed by atoms with Crippen LogP contribution in [-0.2, 0) is 25.7 Å². The highest BCUT2D eigenvalue weighted by molar-refractivity contribution is 7.11. The molecular formula is C22H28N2O3S. The molecule has 2 aromatic heterocycles. The number of rotatable bonds is 5. The Kier molecular flexibility index (Phi) is 5.17. The summed E-state index contributed by atoms with van der Waals surface area (Å²) in [5, 5.41) is 4.13. The van der Waals surface area contributed by atoms with Gasteiger partial charge in [-0.05, 0) is 44.4 Å². The molecule has 0 aromatic carbocycles. The molecule has 6 heteroatoms. The highest BCUT2D eigenvalue weighted by atomic mass is 32.1. The van der Waals surface area contributed by atoms with Gasteiger partial charge < -0.3 is 9.73 Å². The lowest BCUT2D eigenvalue weighted by atomic mass is 9.76. The number of hydrogen-bond acceptors (Lipinski definition) is 5. The number of hydrogen-bond donors (Lipinski definition) is 1. The predicted octanol–water partition coefficient (Wildman–Crippen LogP) is 4.44. The SMILES string of the molecule is Cc1c(C(=O)NCCCc2nc3c(s2)CCCC3)oc2c1C(=O)CC(C)(C)C2. The molecule has 150 valence electrons. The van der Waals surface area contributed by atoms with Crippen LogP contribution in [0, 0.1) is 12.3 Å². The smallest absolute Gasteiger partial charge is 0.287 e. The highest BCUT2D eigenvalue weighted by Crippen LogP contribution is 2.38. The fraction of sp³-hybridized carbons (Fsp3) is 0.591. The van der Waals surface area contributed by atoms with Crippen LogP contribution >= 0.6 is 11.3 Å². The van der Waals surface area contributed by atoms with Crippen molar-refractivity contribution in [2.24, 2.45) is 5.41 Å². The monoisotopic (exact) mass is 400 g/mol. The molecule has 1 N–H and O–H groups in total. The van der Waals surface area contributed by atoms with Crippen molar-refractivity contribution in [2.45, 2.75) is 72.1 Å². The molecule has 2 heterocycles. The first kappa shape index (κ1) is 19.4. The summed E-state index contributed by atoms with van der Waals surface area (Å²) in [4.78, 5) is 31.3. The Labute approximate surface area is 169 Å². The third kappa shape index (κ3) is 3.79. The Balaban J connectivity index is 1.34. The zero-order chi connectivity index (χ0) is 19.9. The molecule has 28 heavy (non-hydrogen) atoms. The topological polar surface area (TPSA) is 72.2 Å². The lowest BCUT2D eigenvalue weighted by Crippen LogP contribution is -2.26. The van der Waals surface area contributed by atoms with E-state index in [4.69, 9.17) is 9.40 Å². The predicted molar refractivity (Wildman–Crippen MR) is 109 cm³/mol. The molecule has 1 amide bonds. The van der Waals surface area contributed by atoms with E-state index in [1.54, 1.807) is 0 Å². The molecule has 0 fully saturated rings. The summed E-state index contributed by atoms with van der Waals surface area (Å²) < 4.78 is 5.83. The summed E-state index contributed by atoms with van der Waals surface area (Å²) in [5.41, 5.74) is 2.48. The first-order valence-electron chi connectivity index (χ1n) is 10.3. The number of amides is 1. The number of ketones is 1. The van der Waals surface area contributed by atoms with Gasteiger partial charge in [0.15, 0.2) is 11.5 Å². The maximum absolute atomic E-state index is 12.6. The number of fused-ring (bicyclic) bond motifs is 2. The summed E-state index contributed by atoms with van der Waals surface area (Å²) in [6.45, 7) is 6.50. The number of nitrogens with zero attached hydrogens (tertiary/aromatic N) is 1. The van der Waals surface area contributed by atoms with Gasteiger partial charge in [0.25, 0.3) is 5.91 Å². The molecule has 0 unspecified atom stereocenters. The Bertz CT molecular complexity index is 899. The maximum atomic E-state index is 12.6. The third-order valence-electron chi connectivity index (χ3n) is 5.73. The number of furan rings is 1. The molecule has 0 saturated carbocycles. The molecular weight excluding hydrogens is 372 g/mol. The molecule has 0 aliphatic heterocycles. The van der Waals surface area contributed by atoms with E-state index in [-0.39, 0.29) is 17.1 Å². The van der Waals surface area contributed by atoms with E-state index in [0.29, 0.717) is 42.0 Å². The number of aryl methyl sites for hydroxylation is 3. The van der Waals surface area contributed by atoms with Gasteiger partial charge in [0.2, 0.25) is 0 Å². The molecule has 5 nitrogen and oxygen atoms in total. The van der Waals surface area contributed by atoms with Gasteiger partial charge in [-0.1, -0.05) is 13.8 Å². The first-order valence-corrected chi connectivity index (χ1v) is 11.1. The van der Waals surface area contributed by atoms with Crippen LogP contribution in [0.5, 0.6) is 0 Å². The minimum Gasteiger partial charge on any atom is -0.455 e. The summed E-state index contributed by atoms with van der Waals surface area (Å²) in [6, 6.07) is 0. The molecule has 0 bridgehead atoms. The molecule has 0 atom stereocenters. The van der Waals surface area contributed by atoms with Crippen molar-refractivity contribution in [2.75, 3.05) is 6.54 Å². The second-order valence-electron chi connectivity index (χ2n) is 8.84. The average molecular weight is 401 g/mol. The molecule has 2 aromatic rings. The van der Waals surface area contributed by atoms with Crippen LogP contribution in [0.1, 0.15) is 87.3 Å². The van der Waals surface area contributed by atoms with Gasteiger partial charge in [0.1, 0.15) is 5.76 Å². The molecule has 0 radical (unpaired) electrons. The largest absolute Gasteiger partial charge is 0.455 e. The van der Waals surface area contributed by atoms with Gasteiger partial charge >= 0.3 is 0 Å². The van der Waals surface area contributed by atoms with E-state index in [0.717, 1.165) is 19.3 Å². The van der Waals surface area contributed by atoms with E-state index in [2.05, 4.69) is 19.2 Å². The van der Waals surface area contributed by atoms with Crippen LogP contribution in [0.15, 0.2) is 4.42 Å². The fourth-order valence-electron chi connectivity index (χ4n) is 4.33. The summed E-state index contributed by atoms with van der Waals surface area (Å²) in [7, 11) is 0. The van der Waals surface area contributed by atoms with Crippen molar-refractivity contribution in [1.29, 1.82) is 0 Å². The zero-order valence-electron chi connectivity index (χ0n) is 16.9. The molecule has 4 rings (SSSR count). The normalized spacial score (nSPS) is 17.9. The van der Waals surface area contributed by atoms with E-state index < -0.39 is 0 Å². The van der Waals surface area contributed by atoms with Gasteiger partial charge in [-0.25, -0.2) is 4.98 Å². The molecule has 0 spiro atoms. The number of thiazole rings is 1. The molecule has 0 saturated heterocycles. The molecule has 2 aliphatic carbocycles. The fourth-order valence-corrected chi connectivity index (χ4v) is 5.53. The minimum atomic E-state index is -0.226. The van der Waals surface area contributed by atoms with E-state index >= 15 is 0 Å². The average Bonchev–Trinajstić information content (AvgIpc) is 3.18. The summed E-state index contributed by atoms with van der Waals surface area (Å²) in [5.74, 6) is 0.813. The van der Waals surface area contributed by atoms with Crippen molar-refractivity contribution in [3.63, 3.8) is 0 Å². The minimum absolute atomic E-state index is 0.0827. The van der Waals surface area contributed by atoms with Gasteiger partial charge in [0, 0.05) is 36.2 Å². The van der Waals surface area contributed by atoms with Crippen LogP contribution in [0.2, 0.25) is 0 Å². The third-order valence-corrected chi connectivity index (χ3v) is 6.94. The Morgan fingerprint density at radius 1 is 1.25 bits per heavy atom. The lowest BCUT2D eigenvalue weighted by Gasteiger charge is -2.27. The zero-order valence-corrected chi connectivity index (χ0v) is 17.8. The number of carbonyl (C=O) groups excluding carboxylic acids is 2. The summed E-state index contributed by atoms with van der Waals surface area (Å²) >= 11 is 1.83. The van der Waals surface area contributed by atoms with Crippen LogP contribution in [0.25, 0.3) is 0 Å². The number of Topliss-reactive ketones (excluding diaryl/α,β-unsaturated/α-hetero) is 1. The van der Waals surface area contributed by atoms with E-state index in [1.165, 1.54) is 34.8 Å². The van der Waals surface area contributed by atoms with Crippen LogP contribution in [-0.4, -0.2) is 23.2 Å². The van der Waals surface area contributed by atoms with Crippen molar-refractivity contribution >= 4 is 23.0 Å². The quantitative estimate of drug-likeness (QED) is 0.753. The van der Waals surface area contributed by atoms with E-state index in [1.807, 2.05) is 18.3 Å². The lowest BCUT2D eigenvalue weighted by molar-refractivity contribution is 0.0889. The molecule has 2 aliphatic rings. The number of carbonyl (C=O) groups is 2. The van der Waals surface area contributed by atoms with Crippen LogP contribution < -0.4 is 5.32 Å². The van der Waals surface area contributed by atoms with Gasteiger partial charge in [-0.2, -0.15) is 0 Å². The highest BCUT2D eigenvalue weighted by Gasteiger charge is 2.36. The summed E-state index contributed by atoms with van der Waals surface area (Å²) in [6.07, 6.45) is 7.73. The Hall–Kier alpha value is -1.95. The van der Waals surface area contributed by atoms with Crippen molar-refractivity contribution < 1.29 is 14.0 Å². The van der Waals surface area contributed by atoms with Gasteiger partial charge in [-0.15, -0.1) is 11.3 Å². The Morgan fingerprint density at radius 2 is 2.04 bits per heavy atom. The van der Waals surface area contributed by atoms with Crippen LogP contribution in [0.3, 0.4) is 0 Å². The van der Waals surface area contributed by atoms with Gasteiger partial charge in [0.05, 0.1) is 16.3 Å². The van der Waals surface area contributed by atoms with E-state index in [9.17, 15) is 9.59 Å². The standard InChI is InChI=1S/C22H28N2O3S/c1-13-19-15(25)11-22(2,3)12-16(19)27-20(13)21(26)23-10-6-9-18-24-14-7-4-5-8-17(14)28-18/h4-12H2,1-3H3,(H,23,26). The second-order valence-corrected chi connectivity index (χ2v) is 10.0. The van der Waals surface area contributed by atoms with Crippen molar-refractivity contribution in [3.8, 4) is 0 Å². The first-order chi connectivity index (χ1) is 13.3. The Morgan fingerprint density at radius 3 is 2.82 bits per heavy atom. The second kappa shape index (κ2) is 7.47. The number of aromatic nitrogens is 1. The van der Waals surface area contributed by atoms with Crippen molar-refractivity contribution in [1.82, 2.24) is 10.3 Å². The van der Waals surface area contributed by atoms with Crippen LogP contribution in [0.4, 0.5) is 0 Å².